The Morgan fingerprint density at radius 3 is 2.50 bits per heavy atom. The fourth-order valence-corrected chi connectivity index (χ4v) is 4.98. The Labute approximate surface area is 242 Å². The highest BCUT2D eigenvalue weighted by Gasteiger charge is 2.27. The monoisotopic (exact) mass is 584 g/mol. The number of hydrogen-bond donors (Lipinski definition) is 2. The summed E-state index contributed by atoms with van der Waals surface area (Å²) in [6.07, 6.45) is -0.962. The molecule has 2 aromatic heterocycles. The van der Waals surface area contributed by atoms with Crippen molar-refractivity contribution >= 4 is 17.5 Å². The van der Waals surface area contributed by atoms with Crippen molar-refractivity contribution < 1.29 is 22.7 Å². The zero-order valence-electron chi connectivity index (χ0n) is 23.3. The van der Waals surface area contributed by atoms with Crippen LogP contribution in [0.15, 0.2) is 54.9 Å². The van der Waals surface area contributed by atoms with E-state index in [0.717, 1.165) is 49.7 Å². The van der Waals surface area contributed by atoms with Gasteiger partial charge in [-0.2, -0.15) is 13.2 Å². The predicted molar refractivity (Wildman–Crippen MR) is 152 cm³/mol. The molecule has 1 saturated heterocycles. The molecule has 10 nitrogen and oxygen atoms in total. The second-order valence-corrected chi connectivity index (χ2v) is 10.5. The fraction of sp³-hybridized carbons (Fsp3) is 0.448. The average molecular weight is 585 g/mol. The summed E-state index contributed by atoms with van der Waals surface area (Å²) in [5.74, 6) is 0.405. The van der Waals surface area contributed by atoms with Crippen LogP contribution in [0.5, 0.6) is 0 Å². The van der Waals surface area contributed by atoms with Crippen molar-refractivity contribution in [3.05, 3.63) is 66.1 Å². The first kappa shape index (κ1) is 29.8. The maximum absolute atomic E-state index is 12.7. The van der Waals surface area contributed by atoms with Crippen LogP contribution in [0.2, 0.25) is 0 Å². The molecule has 5 aliphatic rings. The number of amides is 1. The molecule has 3 aromatic rings. The number of ether oxygens (including phenoxy) is 1. The van der Waals surface area contributed by atoms with E-state index in [1.807, 2.05) is 35.2 Å². The normalized spacial score (nSPS) is 20.6. The molecule has 42 heavy (non-hydrogen) atoms. The molecule has 2 N–H and O–H groups in total. The third kappa shape index (κ3) is 9.18. The summed E-state index contributed by atoms with van der Waals surface area (Å²) >= 11 is 0. The van der Waals surface area contributed by atoms with Crippen molar-refractivity contribution in [2.24, 2.45) is 0 Å². The molecule has 8 rings (SSSR count). The van der Waals surface area contributed by atoms with Crippen LogP contribution in [0.4, 0.5) is 24.8 Å². The van der Waals surface area contributed by atoms with E-state index in [1.165, 1.54) is 5.56 Å². The molecule has 5 aliphatic heterocycles. The largest absolute Gasteiger partial charge is 0.411 e. The number of piperazine rings is 1. The van der Waals surface area contributed by atoms with Gasteiger partial charge in [-0.15, -0.1) is 0 Å². The van der Waals surface area contributed by atoms with Crippen LogP contribution in [0.25, 0.3) is 11.3 Å². The number of carbonyl (C=O) groups is 1. The zero-order valence-corrected chi connectivity index (χ0v) is 23.3. The molecule has 1 amide bonds. The number of aromatic nitrogens is 3. The minimum absolute atomic E-state index is 0.0702. The van der Waals surface area contributed by atoms with Crippen LogP contribution in [-0.4, -0.2) is 107 Å². The quantitative estimate of drug-likeness (QED) is 0.449. The average Bonchev–Trinajstić information content (AvgIpc) is 2.96. The van der Waals surface area contributed by atoms with E-state index >= 15 is 0 Å². The molecule has 0 saturated carbocycles. The molecule has 0 unspecified atom stereocenters. The number of carbonyl (C=O) groups excluding carboxylic acids is 1. The SMILES string of the molecule is O=C1CN2CCN(CC2)Cc2cccc(c2)Nc2nccc(n2)-c2ccc(nc2)CN(CCOCC(F)(F)F)CCN1. The third-order valence-electron chi connectivity index (χ3n) is 7.15. The second kappa shape index (κ2) is 14.0. The van der Waals surface area contributed by atoms with Gasteiger partial charge in [0.1, 0.15) is 6.61 Å². The minimum Gasteiger partial charge on any atom is -0.371 e. The van der Waals surface area contributed by atoms with E-state index in [1.54, 1.807) is 12.4 Å². The van der Waals surface area contributed by atoms with Gasteiger partial charge in [-0.3, -0.25) is 24.5 Å². The Kier molecular flexibility index (Phi) is 9.95. The van der Waals surface area contributed by atoms with E-state index in [9.17, 15) is 18.0 Å². The lowest BCUT2D eigenvalue weighted by Crippen LogP contribution is -2.49. The third-order valence-corrected chi connectivity index (χ3v) is 7.15. The molecule has 0 spiro atoms. The van der Waals surface area contributed by atoms with Crippen molar-refractivity contribution in [1.29, 1.82) is 0 Å². The smallest absolute Gasteiger partial charge is 0.371 e. The van der Waals surface area contributed by atoms with Crippen LogP contribution in [0.1, 0.15) is 11.3 Å². The number of nitrogens with zero attached hydrogens (tertiary/aromatic N) is 6. The number of rotatable bonds is 4. The van der Waals surface area contributed by atoms with Crippen LogP contribution in [0.3, 0.4) is 0 Å². The van der Waals surface area contributed by atoms with Crippen molar-refractivity contribution in [2.45, 2.75) is 19.3 Å². The fourth-order valence-electron chi connectivity index (χ4n) is 4.98. The van der Waals surface area contributed by atoms with Crippen molar-refractivity contribution in [2.75, 3.05) is 70.9 Å². The minimum atomic E-state index is -4.38. The van der Waals surface area contributed by atoms with Gasteiger partial charge in [-0.1, -0.05) is 12.1 Å². The maximum Gasteiger partial charge on any atom is 0.411 e. The number of anilines is 2. The van der Waals surface area contributed by atoms with Gasteiger partial charge in [0, 0.05) is 82.5 Å². The van der Waals surface area contributed by atoms with Gasteiger partial charge in [0.25, 0.3) is 0 Å². The van der Waals surface area contributed by atoms with Gasteiger partial charge in [0.15, 0.2) is 0 Å². The van der Waals surface area contributed by atoms with E-state index in [-0.39, 0.29) is 19.1 Å². The van der Waals surface area contributed by atoms with E-state index in [4.69, 9.17) is 4.74 Å². The molecule has 224 valence electrons. The van der Waals surface area contributed by atoms with Crippen LogP contribution in [0, 0.1) is 0 Å². The topological polar surface area (TPSA) is 98.8 Å². The Balaban J connectivity index is 1.33. The van der Waals surface area contributed by atoms with Gasteiger partial charge in [-0.05, 0) is 35.9 Å². The molecule has 1 fully saturated rings. The first-order chi connectivity index (χ1) is 20.3. The molecule has 8 bridgehead atoms. The van der Waals surface area contributed by atoms with Crippen LogP contribution < -0.4 is 10.6 Å². The Morgan fingerprint density at radius 1 is 0.929 bits per heavy atom. The van der Waals surface area contributed by atoms with E-state index in [0.29, 0.717) is 37.8 Å². The Hall–Kier alpha value is -3.65. The zero-order chi connectivity index (χ0) is 29.4. The van der Waals surface area contributed by atoms with Gasteiger partial charge >= 0.3 is 6.18 Å². The van der Waals surface area contributed by atoms with Gasteiger partial charge in [-0.25, -0.2) is 9.97 Å². The number of pyridine rings is 1. The number of hydrogen-bond acceptors (Lipinski definition) is 9. The predicted octanol–water partition coefficient (Wildman–Crippen LogP) is 2.91. The second-order valence-electron chi connectivity index (χ2n) is 10.5. The number of benzene rings is 1. The highest BCUT2D eigenvalue weighted by atomic mass is 19.4. The Bertz CT molecular complexity index is 1320. The summed E-state index contributed by atoms with van der Waals surface area (Å²) in [6.45, 7) is 4.47. The van der Waals surface area contributed by atoms with Crippen LogP contribution in [-0.2, 0) is 22.6 Å². The van der Waals surface area contributed by atoms with Crippen molar-refractivity contribution in [1.82, 2.24) is 35.0 Å². The van der Waals surface area contributed by atoms with Gasteiger partial charge < -0.3 is 15.4 Å². The first-order valence-corrected chi connectivity index (χ1v) is 14.0. The highest BCUT2D eigenvalue weighted by molar-refractivity contribution is 5.78. The highest BCUT2D eigenvalue weighted by Crippen LogP contribution is 2.21. The molecule has 0 aliphatic carbocycles. The molecule has 0 atom stereocenters. The lowest BCUT2D eigenvalue weighted by molar-refractivity contribution is -0.174. The summed E-state index contributed by atoms with van der Waals surface area (Å²) < 4.78 is 42.4. The molecule has 1 aromatic carbocycles. The first-order valence-electron chi connectivity index (χ1n) is 14.0. The maximum atomic E-state index is 12.7. The summed E-state index contributed by atoms with van der Waals surface area (Å²) in [4.78, 5) is 32.7. The summed E-state index contributed by atoms with van der Waals surface area (Å²) in [7, 11) is 0. The number of nitrogens with one attached hydrogen (secondary N) is 2. The Morgan fingerprint density at radius 2 is 1.74 bits per heavy atom. The molecule has 0 radical (unpaired) electrons. The van der Waals surface area contributed by atoms with Gasteiger partial charge in [0.2, 0.25) is 11.9 Å². The molecule has 13 heteroatoms. The summed E-state index contributed by atoms with van der Waals surface area (Å²) in [5.41, 5.74) is 4.32. The summed E-state index contributed by atoms with van der Waals surface area (Å²) in [5, 5.41) is 6.26. The van der Waals surface area contributed by atoms with Crippen molar-refractivity contribution in [3.63, 3.8) is 0 Å². The number of alkyl halides is 3. The van der Waals surface area contributed by atoms with E-state index < -0.39 is 12.8 Å². The lowest BCUT2D eigenvalue weighted by atomic mass is 10.1. The van der Waals surface area contributed by atoms with Crippen LogP contribution >= 0.6 is 0 Å². The van der Waals surface area contributed by atoms with Gasteiger partial charge in [0.05, 0.1) is 24.5 Å². The lowest BCUT2D eigenvalue weighted by Gasteiger charge is -2.34. The van der Waals surface area contributed by atoms with Crippen molar-refractivity contribution in [3.8, 4) is 11.3 Å². The molecular weight excluding hydrogens is 549 g/mol. The number of halogens is 3. The standard InChI is InChI=1S/C29H35F3N8O2/c30-29(31,32)21-42-15-14-38-9-8-33-27(41)20-40-12-10-39(11-13-40)18-22-2-1-3-24(16-22)36-28-34-7-6-26(37-28)23-4-5-25(19-38)35-17-23/h1-7,16-17H,8-15,18-21H2,(H,33,41)(H,34,36,37). The molecule has 7 heterocycles. The molecular formula is C29H35F3N8O2. The summed E-state index contributed by atoms with van der Waals surface area (Å²) in [6, 6.07) is 13.8. The van der Waals surface area contributed by atoms with E-state index in [2.05, 4.69) is 47.5 Å².